The molecule has 0 saturated carbocycles. The van der Waals surface area contributed by atoms with Gasteiger partial charge >= 0.3 is 0 Å². The number of thiophene rings is 1. The highest BCUT2D eigenvalue weighted by Crippen LogP contribution is 2.32. The Morgan fingerprint density at radius 3 is 3.09 bits per heavy atom. The number of fused-ring (bicyclic) bond motifs is 1. The van der Waals surface area contributed by atoms with Crippen LogP contribution in [0.2, 0.25) is 0 Å². The Hall–Kier alpha value is -1.91. The Labute approximate surface area is 134 Å². The van der Waals surface area contributed by atoms with Crippen LogP contribution in [0.4, 0.5) is 0 Å². The molecule has 0 radical (unpaired) electrons. The largest absolute Gasteiger partial charge is 0.371 e. The molecule has 2 aromatic heterocycles. The van der Waals surface area contributed by atoms with E-state index >= 15 is 0 Å². The number of hydrogen-bond acceptors (Lipinski definition) is 3. The second-order valence-electron chi connectivity index (χ2n) is 5.64. The van der Waals surface area contributed by atoms with Crippen molar-refractivity contribution in [3.8, 4) is 10.7 Å². The monoisotopic (exact) mass is 310 g/mol. The molecule has 0 N–H and O–H groups in total. The van der Waals surface area contributed by atoms with Crippen LogP contribution in [-0.2, 0) is 17.7 Å². The highest BCUT2D eigenvalue weighted by atomic mass is 32.1. The first-order valence-electron chi connectivity index (χ1n) is 7.58. The van der Waals surface area contributed by atoms with E-state index in [1.807, 2.05) is 6.20 Å². The van der Waals surface area contributed by atoms with E-state index in [1.165, 1.54) is 21.6 Å². The minimum absolute atomic E-state index is 0.109. The summed E-state index contributed by atoms with van der Waals surface area (Å²) in [6, 6.07) is 10.7. The lowest BCUT2D eigenvalue weighted by Crippen LogP contribution is -2.20. The maximum Gasteiger partial charge on any atom is 0.150 e. The van der Waals surface area contributed by atoms with Crippen LogP contribution >= 0.6 is 11.3 Å². The average Bonchev–Trinajstić information content (AvgIpc) is 3.16. The van der Waals surface area contributed by atoms with Gasteiger partial charge in [0.1, 0.15) is 11.9 Å². The van der Waals surface area contributed by atoms with Gasteiger partial charge in [-0.1, -0.05) is 24.3 Å². The average molecular weight is 310 g/mol. The lowest BCUT2D eigenvalue weighted by molar-refractivity contribution is 0.0309. The molecular weight excluding hydrogens is 292 g/mol. The fourth-order valence-electron chi connectivity index (χ4n) is 3.07. The van der Waals surface area contributed by atoms with Gasteiger partial charge in [0, 0.05) is 12.4 Å². The molecular formula is C18H18N2OS. The van der Waals surface area contributed by atoms with Crippen LogP contribution in [-0.4, -0.2) is 16.2 Å². The van der Waals surface area contributed by atoms with E-state index in [0.29, 0.717) is 0 Å². The Bertz CT molecular complexity index is 790. The Morgan fingerprint density at radius 1 is 1.32 bits per heavy atom. The van der Waals surface area contributed by atoms with Gasteiger partial charge in [-0.05, 0) is 41.5 Å². The molecule has 4 heteroatoms. The number of rotatable bonds is 3. The number of aromatic nitrogens is 2. The number of benzene rings is 1. The van der Waals surface area contributed by atoms with E-state index < -0.39 is 0 Å². The van der Waals surface area contributed by atoms with Crippen LogP contribution in [0.3, 0.4) is 0 Å². The molecule has 4 rings (SSSR count). The van der Waals surface area contributed by atoms with Gasteiger partial charge in [0.2, 0.25) is 0 Å². The Balaban J connectivity index is 1.66. The normalized spacial score (nSPS) is 17.4. The lowest BCUT2D eigenvalue weighted by atomic mass is 9.97. The third-order valence-electron chi connectivity index (χ3n) is 4.24. The Kier molecular flexibility index (Phi) is 3.56. The van der Waals surface area contributed by atoms with Gasteiger partial charge in [0.15, 0.2) is 0 Å². The van der Waals surface area contributed by atoms with Crippen LogP contribution in [0.5, 0.6) is 0 Å². The summed E-state index contributed by atoms with van der Waals surface area (Å²) < 4.78 is 8.25. The van der Waals surface area contributed by atoms with E-state index in [0.717, 1.165) is 25.4 Å². The summed E-state index contributed by atoms with van der Waals surface area (Å²) in [5.41, 5.74) is 4.01. The molecule has 3 aromatic rings. The first-order chi connectivity index (χ1) is 10.8. The third kappa shape index (κ3) is 2.38. The van der Waals surface area contributed by atoms with Crippen molar-refractivity contribution < 1.29 is 4.74 Å². The molecule has 1 aliphatic heterocycles. The standard InChI is InChI=1S/C18H18N2OS/c1-13-7-11-22-17(13)18-19-8-9-20(18)12-16-15-5-3-2-4-14(15)6-10-21-16/h2-5,7-9,11,16H,6,10,12H2,1H3/t16-/m0/s1. The highest BCUT2D eigenvalue weighted by molar-refractivity contribution is 7.13. The molecule has 1 aliphatic rings. The van der Waals surface area contributed by atoms with Crippen molar-refractivity contribution in [1.29, 1.82) is 0 Å². The fourth-order valence-corrected chi connectivity index (χ4v) is 4.01. The molecule has 3 heterocycles. The van der Waals surface area contributed by atoms with Crippen molar-refractivity contribution in [3.63, 3.8) is 0 Å². The lowest BCUT2D eigenvalue weighted by Gasteiger charge is -2.26. The van der Waals surface area contributed by atoms with Gasteiger partial charge in [0.05, 0.1) is 18.0 Å². The zero-order valence-electron chi connectivity index (χ0n) is 12.5. The molecule has 0 bridgehead atoms. The van der Waals surface area contributed by atoms with Gasteiger partial charge in [0.25, 0.3) is 0 Å². The third-order valence-corrected chi connectivity index (χ3v) is 5.25. The SMILES string of the molecule is Cc1ccsc1-c1nccn1C[C@@H]1OCCc2ccccc21. The van der Waals surface area contributed by atoms with Crippen LogP contribution in [0, 0.1) is 6.92 Å². The van der Waals surface area contributed by atoms with Crippen molar-refractivity contribution in [2.45, 2.75) is 26.0 Å². The van der Waals surface area contributed by atoms with Gasteiger partial charge in [-0.25, -0.2) is 4.98 Å². The van der Waals surface area contributed by atoms with Crippen LogP contribution in [0.15, 0.2) is 48.1 Å². The van der Waals surface area contributed by atoms with E-state index in [9.17, 15) is 0 Å². The summed E-state index contributed by atoms with van der Waals surface area (Å²) in [6.07, 6.45) is 5.05. The minimum atomic E-state index is 0.109. The summed E-state index contributed by atoms with van der Waals surface area (Å²) in [6.45, 7) is 3.74. The second kappa shape index (κ2) is 5.71. The molecule has 0 amide bonds. The molecule has 112 valence electrons. The van der Waals surface area contributed by atoms with Crippen molar-refractivity contribution in [1.82, 2.24) is 9.55 Å². The molecule has 22 heavy (non-hydrogen) atoms. The number of ether oxygens (including phenoxy) is 1. The van der Waals surface area contributed by atoms with Gasteiger partial charge in [-0.15, -0.1) is 11.3 Å². The molecule has 0 fully saturated rings. The molecule has 3 nitrogen and oxygen atoms in total. The zero-order valence-corrected chi connectivity index (χ0v) is 13.3. The number of imidazole rings is 1. The van der Waals surface area contributed by atoms with Crippen LogP contribution < -0.4 is 0 Å². The summed E-state index contributed by atoms with van der Waals surface area (Å²) in [5, 5.41) is 2.12. The highest BCUT2D eigenvalue weighted by Gasteiger charge is 2.22. The van der Waals surface area contributed by atoms with Gasteiger partial charge < -0.3 is 9.30 Å². The molecule has 1 aromatic carbocycles. The van der Waals surface area contributed by atoms with Gasteiger partial charge in [-0.2, -0.15) is 0 Å². The number of aryl methyl sites for hydroxylation is 1. The second-order valence-corrected chi connectivity index (χ2v) is 6.56. The maximum atomic E-state index is 6.04. The van der Waals surface area contributed by atoms with Crippen molar-refractivity contribution in [2.75, 3.05) is 6.61 Å². The summed E-state index contributed by atoms with van der Waals surface area (Å²) in [4.78, 5) is 5.80. The van der Waals surface area contributed by atoms with Crippen LogP contribution in [0.25, 0.3) is 10.7 Å². The molecule has 0 saturated heterocycles. The Morgan fingerprint density at radius 2 is 2.23 bits per heavy atom. The fraction of sp³-hybridized carbons (Fsp3) is 0.278. The molecule has 0 aliphatic carbocycles. The topological polar surface area (TPSA) is 27.1 Å². The molecule has 1 atom stereocenters. The van der Waals surface area contributed by atoms with E-state index in [2.05, 4.69) is 58.4 Å². The quantitative estimate of drug-likeness (QED) is 0.723. The maximum absolute atomic E-state index is 6.04. The van der Waals surface area contributed by atoms with Crippen molar-refractivity contribution in [2.24, 2.45) is 0 Å². The molecule has 0 unspecified atom stereocenters. The number of hydrogen-bond donors (Lipinski definition) is 0. The van der Waals surface area contributed by atoms with Crippen molar-refractivity contribution >= 4 is 11.3 Å². The predicted molar refractivity (Wildman–Crippen MR) is 89.1 cm³/mol. The summed E-state index contributed by atoms with van der Waals surface area (Å²) in [7, 11) is 0. The van der Waals surface area contributed by atoms with E-state index in [-0.39, 0.29) is 6.10 Å². The predicted octanol–water partition coefficient (Wildman–Crippen LogP) is 4.23. The first kappa shape index (κ1) is 13.7. The first-order valence-corrected chi connectivity index (χ1v) is 8.46. The minimum Gasteiger partial charge on any atom is -0.371 e. The van der Waals surface area contributed by atoms with Crippen molar-refractivity contribution in [3.05, 3.63) is 64.8 Å². The summed E-state index contributed by atoms with van der Waals surface area (Å²) >= 11 is 1.74. The van der Waals surface area contributed by atoms with E-state index in [4.69, 9.17) is 4.74 Å². The summed E-state index contributed by atoms with van der Waals surface area (Å²) in [5.74, 6) is 1.04. The molecule has 0 spiro atoms. The zero-order chi connectivity index (χ0) is 14.9. The van der Waals surface area contributed by atoms with Gasteiger partial charge in [-0.3, -0.25) is 0 Å². The number of nitrogens with zero attached hydrogens (tertiary/aromatic N) is 2. The van der Waals surface area contributed by atoms with Crippen LogP contribution in [0.1, 0.15) is 22.8 Å². The van der Waals surface area contributed by atoms with E-state index in [1.54, 1.807) is 11.3 Å². The smallest absolute Gasteiger partial charge is 0.150 e.